The molecule has 0 saturated carbocycles. The molecule has 0 saturated heterocycles. The lowest BCUT2D eigenvalue weighted by Crippen LogP contribution is -2.12. The molecular formula is C6H10N2. The Morgan fingerprint density at radius 1 is 1.62 bits per heavy atom. The minimum atomic E-state index is 0.736. The second-order valence-electron chi connectivity index (χ2n) is 1.16. The van der Waals surface area contributed by atoms with Crippen LogP contribution in [-0.4, -0.2) is 12.9 Å². The van der Waals surface area contributed by atoms with Gasteiger partial charge >= 0.3 is 0 Å². The van der Waals surface area contributed by atoms with Gasteiger partial charge in [0.25, 0.3) is 0 Å². The fraction of sp³-hybridized carbons (Fsp3) is 0.167. The van der Waals surface area contributed by atoms with E-state index in [9.17, 15) is 0 Å². The molecule has 2 heteroatoms. The summed E-state index contributed by atoms with van der Waals surface area (Å²) in [5.74, 6) is 0.736. The Morgan fingerprint density at radius 3 is 2.38 bits per heavy atom. The molecule has 8 heavy (non-hydrogen) atoms. The quantitative estimate of drug-likeness (QED) is 0.415. The molecule has 0 aromatic carbocycles. The van der Waals surface area contributed by atoms with E-state index in [0.29, 0.717) is 0 Å². The van der Waals surface area contributed by atoms with Crippen molar-refractivity contribution in [2.45, 2.75) is 0 Å². The van der Waals surface area contributed by atoms with Gasteiger partial charge in [0.1, 0.15) is 5.84 Å². The van der Waals surface area contributed by atoms with Crippen molar-refractivity contribution >= 4 is 5.84 Å². The maximum Gasteiger partial charge on any atom is 0.123 e. The number of nitrogens with one attached hydrogen (secondary N) is 1. The van der Waals surface area contributed by atoms with Crippen LogP contribution in [0.5, 0.6) is 0 Å². The predicted molar refractivity (Wildman–Crippen MR) is 36.9 cm³/mol. The van der Waals surface area contributed by atoms with E-state index in [1.807, 2.05) is 0 Å². The van der Waals surface area contributed by atoms with E-state index in [-0.39, 0.29) is 0 Å². The number of aliphatic imine (C=N–C) groups is 1. The summed E-state index contributed by atoms with van der Waals surface area (Å²) in [5, 5.41) is 2.78. The number of amidine groups is 1. The molecule has 0 aromatic heterocycles. The van der Waals surface area contributed by atoms with Gasteiger partial charge in [-0.15, -0.1) is 0 Å². The topological polar surface area (TPSA) is 24.4 Å². The molecule has 0 fully saturated rings. The Morgan fingerprint density at radius 2 is 2.25 bits per heavy atom. The fourth-order valence-electron chi connectivity index (χ4n) is 0.319. The van der Waals surface area contributed by atoms with Crippen LogP contribution < -0.4 is 5.32 Å². The van der Waals surface area contributed by atoms with Crippen molar-refractivity contribution in [1.82, 2.24) is 5.32 Å². The van der Waals surface area contributed by atoms with Crippen LogP contribution in [0.3, 0.4) is 0 Å². The Hall–Kier alpha value is -1.05. The molecule has 0 aliphatic heterocycles. The first-order valence-electron chi connectivity index (χ1n) is 2.31. The van der Waals surface area contributed by atoms with Crippen LogP contribution in [0.1, 0.15) is 0 Å². The van der Waals surface area contributed by atoms with Gasteiger partial charge in [-0.3, -0.25) is 4.99 Å². The van der Waals surface area contributed by atoms with E-state index in [1.54, 1.807) is 19.3 Å². The zero-order valence-corrected chi connectivity index (χ0v) is 5.02. The molecule has 0 aliphatic rings. The van der Waals surface area contributed by atoms with Crippen LogP contribution in [0.2, 0.25) is 0 Å². The zero-order valence-electron chi connectivity index (χ0n) is 5.02. The lowest BCUT2D eigenvalue weighted by atomic mass is 10.5. The smallest absolute Gasteiger partial charge is 0.123 e. The third-order valence-corrected chi connectivity index (χ3v) is 0.684. The summed E-state index contributed by atoms with van der Waals surface area (Å²) in [6.07, 6.45) is 3.19. The number of hydrogen-bond acceptors (Lipinski definition) is 1. The summed E-state index contributed by atoms with van der Waals surface area (Å²) < 4.78 is 0. The van der Waals surface area contributed by atoms with Crippen LogP contribution >= 0.6 is 0 Å². The van der Waals surface area contributed by atoms with E-state index in [4.69, 9.17) is 0 Å². The number of nitrogens with zero attached hydrogens (tertiary/aromatic N) is 1. The molecule has 2 nitrogen and oxygen atoms in total. The van der Waals surface area contributed by atoms with E-state index < -0.39 is 0 Å². The Labute approximate surface area is 49.6 Å². The predicted octanol–water partition coefficient (Wildman–Crippen LogP) is 0.934. The summed E-state index contributed by atoms with van der Waals surface area (Å²) in [7, 11) is 1.69. The van der Waals surface area contributed by atoms with Crippen LogP contribution in [0, 0.1) is 0 Å². The highest BCUT2D eigenvalue weighted by Gasteiger charge is 1.79. The monoisotopic (exact) mass is 110 g/mol. The third kappa shape index (κ3) is 2.18. The molecule has 0 aliphatic carbocycles. The number of hydrogen-bond donors (Lipinski definition) is 1. The van der Waals surface area contributed by atoms with E-state index in [0.717, 1.165) is 5.84 Å². The van der Waals surface area contributed by atoms with Crippen LogP contribution in [0.4, 0.5) is 0 Å². The molecule has 0 amide bonds. The second kappa shape index (κ2) is 4.12. The molecule has 0 unspecified atom stereocenters. The van der Waals surface area contributed by atoms with Gasteiger partial charge in [0.15, 0.2) is 0 Å². The molecular weight excluding hydrogens is 100 g/mol. The van der Waals surface area contributed by atoms with E-state index >= 15 is 0 Å². The highest BCUT2D eigenvalue weighted by molar-refractivity contribution is 5.92. The van der Waals surface area contributed by atoms with Crippen molar-refractivity contribution in [2.75, 3.05) is 7.05 Å². The maximum atomic E-state index is 3.81. The minimum Gasteiger partial charge on any atom is -0.348 e. The van der Waals surface area contributed by atoms with Gasteiger partial charge in [0, 0.05) is 7.05 Å². The first-order valence-corrected chi connectivity index (χ1v) is 2.31. The first kappa shape index (κ1) is 6.95. The van der Waals surface area contributed by atoms with Crippen LogP contribution in [0.25, 0.3) is 0 Å². The van der Waals surface area contributed by atoms with Crippen molar-refractivity contribution in [3.63, 3.8) is 0 Å². The van der Waals surface area contributed by atoms with Crippen LogP contribution in [0.15, 0.2) is 30.4 Å². The summed E-state index contributed by atoms with van der Waals surface area (Å²) in [4.78, 5) is 3.81. The Kier molecular flexibility index (Phi) is 3.58. The van der Waals surface area contributed by atoms with Crippen molar-refractivity contribution in [3.8, 4) is 0 Å². The molecule has 0 radical (unpaired) electrons. The molecule has 0 rings (SSSR count). The zero-order chi connectivity index (χ0) is 6.41. The maximum absolute atomic E-state index is 3.81. The van der Waals surface area contributed by atoms with Gasteiger partial charge in [-0.2, -0.15) is 0 Å². The highest BCUT2D eigenvalue weighted by Crippen LogP contribution is 1.70. The molecule has 44 valence electrons. The third-order valence-electron chi connectivity index (χ3n) is 0.684. The molecule has 1 N–H and O–H groups in total. The van der Waals surface area contributed by atoms with E-state index in [2.05, 4.69) is 23.5 Å². The average Bonchev–Trinajstić information content (AvgIpc) is 1.83. The van der Waals surface area contributed by atoms with Gasteiger partial charge in [0.2, 0.25) is 0 Å². The molecule has 0 aromatic rings. The lowest BCUT2D eigenvalue weighted by Gasteiger charge is -1.93. The van der Waals surface area contributed by atoms with Gasteiger partial charge in [-0.25, -0.2) is 0 Å². The van der Waals surface area contributed by atoms with Gasteiger partial charge in [0.05, 0.1) is 0 Å². The van der Waals surface area contributed by atoms with E-state index in [1.165, 1.54) is 0 Å². The SMILES string of the molecule is C=CNC(C=C)=NC. The molecule has 0 heterocycles. The van der Waals surface area contributed by atoms with Gasteiger partial charge < -0.3 is 5.32 Å². The summed E-state index contributed by atoms with van der Waals surface area (Å²) in [6, 6.07) is 0. The van der Waals surface area contributed by atoms with Gasteiger partial charge in [-0.05, 0) is 12.3 Å². The van der Waals surface area contributed by atoms with Crippen molar-refractivity contribution < 1.29 is 0 Å². The Bertz CT molecular complexity index is 114. The average molecular weight is 110 g/mol. The lowest BCUT2D eigenvalue weighted by molar-refractivity contribution is 1.25. The summed E-state index contributed by atoms with van der Waals surface area (Å²) in [5.41, 5.74) is 0. The van der Waals surface area contributed by atoms with Crippen LogP contribution in [-0.2, 0) is 0 Å². The largest absolute Gasteiger partial charge is 0.348 e. The fourth-order valence-corrected chi connectivity index (χ4v) is 0.319. The van der Waals surface area contributed by atoms with Crippen molar-refractivity contribution in [2.24, 2.45) is 4.99 Å². The summed E-state index contributed by atoms with van der Waals surface area (Å²) >= 11 is 0. The van der Waals surface area contributed by atoms with Crippen molar-refractivity contribution in [1.29, 1.82) is 0 Å². The molecule has 0 bridgehead atoms. The van der Waals surface area contributed by atoms with Crippen molar-refractivity contribution in [3.05, 3.63) is 25.4 Å². The molecule has 0 spiro atoms. The summed E-state index contributed by atoms with van der Waals surface area (Å²) in [6.45, 7) is 6.97. The Balaban J connectivity index is 3.71. The number of rotatable bonds is 2. The normalized spacial score (nSPS) is 10.4. The first-order chi connectivity index (χ1) is 3.85. The highest BCUT2D eigenvalue weighted by atomic mass is 14.9. The minimum absolute atomic E-state index is 0.736. The van der Waals surface area contributed by atoms with Gasteiger partial charge in [-0.1, -0.05) is 13.2 Å². The standard InChI is InChI=1S/C6H10N2/c1-4-6(7-3)8-5-2/h4-5H,1-2H2,3H3,(H,7,8). The molecule has 0 atom stereocenters. The second-order valence-corrected chi connectivity index (χ2v) is 1.16.